The van der Waals surface area contributed by atoms with Crippen LogP contribution in [-0.2, 0) is 9.59 Å². The topological polar surface area (TPSA) is 107 Å². The molecule has 0 unspecified atom stereocenters. The van der Waals surface area contributed by atoms with Gasteiger partial charge in [-0.15, -0.1) is 0 Å². The first-order valence-electron chi connectivity index (χ1n) is 9.06. The summed E-state index contributed by atoms with van der Waals surface area (Å²) in [5.41, 5.74) is 0.760. The number of hydrogen-bond acceptors (Lipinski definition) is 5. The van der Waals surface area contributed by atoms with E-state index in [9.17, 15) is 4.79 Å². The molecule has 2 aliphatic heterocycles. The molecule has 2 heterocycles. The second-order valence-electron chi connectivity index (χ2n) is 6.61. The maximum absolute atomic E-state index is 12.5. The van der Waals surface area contributed by atoms with E-state index < -0.39 is 11.9 Å². The van der Waals surface area contributed by atoms with Crippen LogP contribution in [0.2, 0.25) is 0 Å². The second kappa shape index (κ2) is 9.91. The van der Waals surface area contributed by atoms with E-state index in [1.807, 2.05) is 29.2 Å². The van der Waals surface area contributed by atoms with E-state index in [1.165, 1.54) is 25.9 Å². The number of amides is 1. The highest BCUT2D eigenvalue weighted by Crippen LogP contribution is 2.22. The molecule has 1 amide bonds. The summed E-state index contributed by atoms with van der Waals surface area (Å²) >= 11 is 0. The number of carbonyl (C=O) groups excluding carboxylic acids is 1. The molecule has 3 rings (SSSR count). The third-order valence-corrected chi connectivity index (χ3v) is 4.93. The lowest BCUT2D eigenvalue weighted by molar-refractivity contribution is -0.159. The summed E-state index contributed by atoms with van der Waals surface area (Å²) in [5, 5.41) is 14.8. The normalized spacial score (nSPS) is 17.7. The molecule has 0 spiro atoms. The third kappa shape index (κ3) is 5.96. The lowest BCUT2D eigenvalue weighted by atomic mass is 10.0. The molecule has 0 aromatic heterocycles. The Morgan fingerprint density at radius 2 is 1.44 bits per heavy atom. The first kappa shape index (κ1) is 20.7. The van der Waals surface area contributed by atoms with Crippen LogP contribution in [0.1, 0.15) is 36.0 Å². The Morgan fingerprint density at radius 3 is 1.89 bits per heavy atom. The molecule has 0 saturated carbocycles. The highest BCUT2D eigenvalue weighted by Gasteiger charge is 2.28. The molecule has 2 aliphatic rings. The number of hydrogen-bond donors (Lipinski definition) is 2. The van der Waals surface area contributed by atoms with Crippen LogP contribution in [0.4, 0.5) is 0 Å². The maximum Gasteiger partial charge on any atom is 0.414 e. The van der Waals surface area contributed by atoms with Gasteiger partial charge >= 0.3 is 11.9 Å². The summed E-state index contributed by atoms with van der Waals surface area (Å²) < 4.78 is 5.14. The summed E-state index contributed by atoms with van der Waals surface area (Å²) in [6.07, 6.45) is 4.90. The van der Waals surface area contributed by atoms with Crippen LogP contribution in [0.5, 0.6) is 5.75 Å². The molecule has 27 heavy (non-hydrogen) atoms. The average molecular weight is 378 g/mol. The van der Waals surface area contributed by atoms with Gasteiger partial charge in [-0.3, -0.25) is 4.79 Å². The van der Waals surface area contributed by atoms with Gasteiger partial charge in [0.15, 0.2) is 0 Å². The highest BCUT2D eigenvalue weighted by molar-refractivity contribution is 6.27. The number of carboxylic acid groups (broad SMARTS) is 2. The van der Waals surface area contributed by atoms with Crippen molar-refractivity contribution in [3.63, 3.8) is 0 Å². The SMILES string of the molecule is COc1ccc(C(=O)N2CCC(N3CCCC3)CC2)cc1.O=C(O)C(=O)O. The average Bonchev–Trinajstić information content (AvgIpc) is 3.23. The van der Waals surface area contributed by atoms with Crippen LogP contribution >= 0.6 is 0 Å². The van der Waals surface area contributed by atoms with E-state index in [4.69, 9.17) is 24.5 Å². The third-order valence-electron chi connectivity index (χ3n) is 4.93. The van der Waals surface area contributed by atoms with Crippen molar-refractivity contribution in [3.05, 3.63) is 29.8 Å². The Bertz CT molecular complexity index is 635. The van der Waals surface area contributed by atoms with Crippen molar-refractivity contribution in [1.29, 1.82) is 0 Å². The van der Waals surface area contributed by atoms with Gasteiger partial charge in [0.25, 0.3) is 5.91 Å². The quantitative estimate of drug-likeness (QED) is 0.769. The first-order valence-corrected chi connectivity index (χ1v) is 9.06. The van der Waals surface area contributed by atoms with Crippen molar-refractivity contribution in [2.24, 2.45) is 0 Å². The second-order valence-corrected chi connectivity index (χ2v) is 6.61. The van der Waals surface area contributed by atoms with Crippen LogP contribution in [0.3, 0.4) is 0 Å². The van der Waals surface area contributed by atoms with Crippen LogP contribution < -0.4 is 4.74 Å². The minimum absolute atomic E-state index is 0.150. The van der Waals surface area contributed by atoms with Gasteiger partial charge in [0.2, 0.25) is 0 Å². The molecule has 0 bridgehead atoms. The first-order chi connectivity index (χ1) is 12.9. The van der Waals surface area contributed by atoms with Gasteiger partial charge in [0, 0.05) is 24.7 Å². The summed E-state index contributed by atoms with van der Waals surface area (Å²) in [5.74, 6) is -2.71. The van der Waals surface area contributed by atoms with Crippen molar-refractivity contribution < 1.29 is 29.3 Å². The number of nitrogens with zero attached hydrogens (tertiary/aromatic N) is 2. The van der Waals surface area contributed by atoms with Gasteiger partial charge in [-0.2, -0.15) is 0 Å². The predicted octanol–water partition coefficient (Wildman–Crippen LogP) is 1.55. The van der Waals surface area contributed by atoms with Crippen LogP contribution in [0, 0.1) is 0 Å². The van der Waals surface area contributed by atoms with E-state index in [2.05, 4.69) is 4.90 Å². The van der Waals surface area contributed by atoms with Crippen molar-refractivity contribution in [1.82, 2.24) is 9.80 Å². The molecule has 0 atom stereocenters. The number of rotatable bonds is 3. The van der Waals surface area contributed by atoms with Gasteiger partial charge in [0.05, 0.1) is 7.11 Å². The van der Waals surface area contributed by atoms with Gasteiger partial charge < -0.3 is 24.7 Å². The fourth-order valence-electron chi connectivity index (χ4n) is 3.46. The fourth-order valence-corrected chi connectivity index (χ4v) is 3.46. The van der Waals surface area contributed by atoms with Crippen molar-refractivity contribution in [2.75, 3.05) is 33.3 Å². The van der Waals surface area contributed by atoms with E-state index >= 15 is 0 Å². The summed E-state index contributed by atoms with van der Waals surface area (Å²) in [4.78, 5) is 35.3. The lowest BCUT2D eigenvalue weighted by Crippen LogP contribution is -2.45. The molecule has 1 aromatic carbocycles. The van der Waals surface area contributed by atoms with E-state index in [1.54, 1.807) is 7.11 Å². The Labute approximate surface area is 158 Å². The minimum atomic E-state index is -1.82. The number of methoxy groups -OCH3 is 1. The number of aliphatic carboxylic acids is 2. The molecule has 0 aliphatic carbocycles. The standard InChI is InChI=1S/C17H24N2O2.C2H2O4/c1-21-16-6-4-14(5-7-16)17(20)19-12-8-15(9-13-19)18-10-2-3-11-18;3-1(4)2(5)6/h4-7,15H,2-3,8-13H2,1H3;(H,3,4)(H,5,6). The Balaban J connectivity index is 0.000000380. The van der Waals surface area contributed by atoms with Crippen LogP contribution in [0.25, 0.3) is 0 Å². The monoisotopic (exact) mass is 378 g/mol. The summed E-state index contributed by atoms with van der Waals surface area (Å²) in [7, 11) is 1.64. The van der Waals surface area contributed by atoms with E-state index in [-0.39, 0.29) is 5.91 Å². The number of ether oxygens (including phenoxy) is 1. The predicted molar refractivity (Wildman–Crippen MR) is 98.0 cm³/mol. The fraction of sp³-hybridized carbons (Fsp3) is 0.526. The molecule has 2 N–H and O–H groups in total. The van der Waals surface area contributed by atoms with Gasteiger partial charge in [0.1, 0.15) is 5.75 Å². The Morgan fingerprint density at radius 1 is 0.926 bits per heavy atom. The number of benzene rings is 1. The Hall–Kier alpha value is -2.61. The summed E-state index contributed by atoms with van der Waals surface area (Å²) in [6.45, 7) is 4.26. The van der Waals surface area contributed by atoms with E-state index in [0.717, 1.165) is 37.2 Å². The molecule has 1 aromatic rings. The van der Waals surface area contributed by atoms with Crippen molar-refractivity contribution >= 4 is 17.8 Å². The molecule has 0 radical (unpaired) electrons. The van der Waals surface area contributed by atoms with Crippen molar-refractivity contribution in [2.45, 2.75) is 31.7 Å². The molecular weight excluding hydrogens is 352 g/mol. The van der Waals surface area contributed by atoms with Gasteiger partial charge in [-0.1, -0.05) is 0 Å². The number of likely N-dealkylation sites (tertiary alicyclic amines) is 2. The Kier molecular flexibility index (Phi) is 7.60. The summed E-state index contributed by atoms with van der Waals surface area (Å²) in [6, 6.07) is 8.10. The van der Waals surface area contributed by atoms with Gasteiger partial charge in [-0.05, 0) is 63.0 Å². The number of piperidine rings is 1. The largest absolute Gasteiger partial charge is 0.497 e. The smallest absolute Gasteiger partial charge is 0.414 e. The minimum Gasteiger partial charge on any atom is -0.497 e. The van der Waals surface area contributed by atoms with Crippen LogP contribution in [-0.4, -0.2) is 77.2 Å². The van der Waals surface area contributed by atoms with E-state index in [0.29, 0.717) is 6.04 Å². The highest BCUT2D eigenvalue weighted by atomic mass is 16.5. The number of carbonyl (C=O) groups is 3. The lowest BCUT2D eigenvalue weighted by Gasteiger charge is -2.36. The maximum atomic E-state index is 12.5. The number of carboxylic acids is 2. The molecule has 148 valence electrons. The molecule has 8 nitrogen and oxygen atoms in total. The van der Waals surface area contributed by atoms with Crippen molar-refractivity contribution in [3.8, 4) is 5.75 Å². The molecular formula is C19H26N2O6. The van der Waals surface area contributed by atoms with Crippen LogP contribution in [0.15, 0.2) is 24.3 Å². The molecule has 2 fully saturated rings. The zero-order valence-corrected chi connectivity index (χ0v) is 15.5. The molecule has 8 heteroatoms. The zero-order valence-electron chi connectivity index (χ0n) is 15.5. The molecule has 2 saturated heterocycles. The van der Waals surface area contributed by atoms with Gasteiger partial charge in [-0.25, -0.2) is 9.59 Å². The zero-order chi connectivity index (χ0) is 19.8.